The molecule has 6 heteroatoms. The van der Waals surface area contributed by atoms with Gasteiger partial charge in [-0.3, -0.25) is 19.3 Å². The van der Waals surface area contributed by atoms with E-state index in [2.05, 4.69) is 5.32 Å². The predicted octanol–water partition coefficient (Wildman–Crippen LogP) is 3.96. The molecular formula is C23H22N2O3S. The summed E-state index contributed by atoms with van der Waals surface area (Å²) in [5.41, 5.74) is 1.43. The number of hydrogen-bond donors (Lipinski definition) is 1. The van der Waals surface area contributed by atoms with Gasteiger partial charge in [-0.05, 0) is 41.8 Å². The van der Waals surface area contributed by atoms with Gasteiger partial charge < -0.3 is 5.32 Å². The molecule has 2 fully saturated rings. The third-order valence-corrected chi connectivity index (χ3v) is 6.47. The van der Waals surface area contributed by atoms with Crippen molar-refractivity contribution in [3.05, 3.63) is 76.7 Å². The Labute approximate surface area is 174 Å². The number of carbonyl (C=O) groups excluding carboxylic acids is 3. The number of thioether (sulfide) groups is 1. The zero-order chi connectivity index (χ0) is 20.3. The quantitative estimate of drug-likeness (QED) is 0.738. The number of nitrogens with zero attached hydrogens (tertiary/aromatic N) is 1. The summed E-state index contributed by atoms with van der Waals surface area (Å²) in [5.74, 6) is -0.332. The molecule has 4 rings (SSSR count). The minimum Gasteiger partial charge on any atom is -0.354 e. The number of nitrogens with one attached hydrogen (secondary N) is 1. The minimum atomic E-state index is -0.479. The predicted molar refractivity (Wildman–Crippen MR) is 114 cm³/mol. The van der Waals surface area contributed by atoms with Crippen LogP contribution >= 0.6 is 11.8 Å². The maximum Gasteiger partial charge on any atom is 0.293 e. The number of imide groups is 1. The van der Waals surface area contributed by atoms with Gasteiger partial charge in [0.15, 0.2) is 0 Å². The summed E-state index contributed by atoms with van der Waals surface area (Å²) in [6.07, 6.45) is 4.40. The molecule has 1 aliphatic heterocycles. The Kier molecular flexibility index (Phi) is 5.53. The molecule has 148 valence electrons. The molecule has 3 amide bonds. The van der Waals surface area contributed by atoms with Crippen LogP contribution in [0.3, 0.4) is 0 Å². The summed E-state index contributed by atoms with van der Waals surface area (Å²) >= 11 is 0.939. The van der Waals surface area contributed by atoms with E-state index in [1.54, 1.807) is 6.08 Å². The van der Waals surface area contributed by atoms with Crippen LogP contribution in [-0.2, 0) is 15.0 Å². The largest absolute Gasteiger partial charge is 0.354 e. The molecule has 1 heterocycles. The minimum absolute atomic E-state index is 0.0262. The van der Waals surface area contributed by atoms with Crippen LogP contribution in [0.15, 0.2) is 65.6 Å². The molecule has 0 bridgehead atoms. The summed E-state index contributed by atoms with van der Waals surface area (Å²) in [6, 6.07) is 19.2. The Morgan fingerprint density at radius 2 is 1.69 bits per heavy atom. The molecule has 2 aromatic carbocycles. The van der Waals surface area contributed by atoms with Crippen LogP contribution in [0.5, 0.6) is 0 Å². The molecular weight excluding hydrogens is 384 g/mol. The number of benzene rings is 2. The van der Waals surface area contributed by atoms with Crippen LogP contribution in [-0.4, -0.2) is 35.0 Å². The standard InChI is InChI=1S/C23H22N2O3S/c26-20-19(16-17-8-3-1-4-9-17)29-22(28)25(20)15-14-24-21(27)23(12-7-13-23)18-10-5-2-6-11-18/h1-6,8-11,16H,7,12-15H2,(H,24,27)/b19-16-. The van der Waals surface area contributed by atoms with Gasteiger partial charge in [0.2, 0.25) is 5.91 Å². The van der Waals surface area contributed by atoms with E-state index < -0.39 is 5.41 Å². The molecule has 1 saturated heterocycles. The number of hydrogen-bond acceptors (Lipinski definition) is 4. The van der Waals surface area contributed by atoms with Crippen molar-refractivity contribution in [3.63, 3.8) is 0 Å². The second-order valence-corrected chi connectivity index (χ2v) is 8.29. The molecule has 2 aromatic rings. The zero-order valence-corrected chi connectivity index (χ0v) is 16.8. The lowest BCUT2D eigenvalue weighted by Gasteiger charge is -2.40. The first kappa shape index (κ1) is 19.5. The Morgan fingerprint density at radius 1 is 1.03 bits per heavy atom. The maximum absolute atomic E-state index is 12.9. The fraction of sp³-hybridized carbons (Fsp3) is 0.261. The Morgan fingerprint density at radius 3 is 2.31 bits per heavy atom. The molecule has 0 radical (unpaired) electrons. The lowest BCUT2D eigenvalue weighted by molar-refractivity contribution is -0.130. The van der Waals surface area contributed by atoms with Gasteiger partial charge in [-0.15, -0.1) is 0 Å². The lowest BCUT2D eigenvalue weighted by atomic mass is 9.64. The van der Waals surface area contributed by atoms with Crippen molar-refractivity contribution in [2.75, 3.05) is 13.1 Å². The van der Waals surface area contributed by atoms with Gasteiger partial charge in [0.25, 0.3) is 11.1 Å². The number of rotatable bonds is 6. The SMILES string of the molecule is O=C1S/C(=C\c2ccccc2)C(=O)N1CCNC(=O)C1(c2ccccc2)CCC1. The topological polar surface area (TPSA) is 66.5 Å². The Balaban J connectivity index is 1.37. The lowest BCUT2D eigenvalue weighted by Crippen LogP contribution is -2.50. The maximum atomic E-state index is 12.9. The highest BCUT2D eigenvalue weighted by Crippen LogP contribution is 2.43. The second kappa shape index (κ2) is 8.25. The highest BCUT2D eigenvalue weighted by atomic mass is 32.2. The van der Waals surface area contributed by atoms with E-state index in [0.717, 1.165) is 42.2 Å². The summed E-state index contributed by atoms with van der Waals surface area (Å²) in [7, 11) is 0. The first-order valence-corrected chi connectivity index (χ1v) is 10.6. The first-order chi connectivity index (χ1) is 14.1. The number of carbonyl (C=O) groups is 3. The van der Waals surface area contributed by atoms with E-state index in [4.69, 9.17) is 0 Å². The van der Waals surface area contributed by atoms with Crippen molar-refractivity contribution >= 4 is 34.9 Å². The van der Waals surface area contributed by atoms with Crippen molar-refractivity contribution in [2.45, 2.75) is 24.7 Å². The van der Waals surface area contributed by atoms with Gasteiger partial charge in [0, 0.05) is 13.1 Å². The molecule has 1 saturated carbocycles. The Hall–Kier alpha value is -2.86. The fourth-order valence-electron chi connectivity index (χ4n) is 3.78. The molecule has 0 aromatic heterocycles. The average Bonchev–Trinajstić information content (AvgIpc) is 2.96. The molecule has 0 spiro atoms. The van der Waals surface area contributed by atoms with E-state index in [1.165, 1.54) is 4.90 Å². The summed E-state index contributed by atoms with van der Waals surface area (Å²) < 4.78 is 0. The third kappa shape index (κ3) is 3.85. The summed E-state index contributed by atoms with van der Waals surface area (Å²) in [4.78, 5) is 39.3. The third-order valence-electron chi connectivity index (χ3n) is 5.56. The van der Waals surface area contributed by atoms with Crippen molar-refractivity contribution in [1.82, 2.24) is 10.2 Å². The van der Waals surface area contributed by atoms with E-state index in [1.807, 2.05) is 60.7 Å². The molecule has 1 N–H and O–H groups in total. The summed E-state index contributed by atoms with van der Waals surface area (Å²) in [6.45, 7) is 0.428. The van der Waals surface area contributed by atoms with Gasteiger partial charge in [0.1, 0.15) is 0 Å². The second-order valence-electron chi connectivity index (χ2n) is 7.30. The molecule has 0 unspecified atom stereocenters. The van der Waals surface area contributed by atoms with Crippen molar-refractivity contribution in [1.29, 1.82) is 0 Å². The Bertz CT molecular complexity index is 953. The van der Waals surface area contributed by atoms with Crippen LogP contribution in [0.2, 0.25) is 0 Å². The van der Waals surface area contributed by atoms with E-state index in [9.17, 15) is 14.4 Å². The molecule has 0 atom stereocenters. The zero-order valence-electron chi connectivity index (χ0n) is 16.0. The van der Waals surface area contributed by atoms with E-state index in [-0.39, 0.29) is 30.1 Å². The van der Waals surface area contributed by atoms with Crippen molar-refractivity contribution in [3.8, 4) is 0 Å². The average molecular weight is 407 g/mol. The molecule has 1 aliphatic carbocycles. The highest BCUT2D eigenvalue weighted by molar-refractivity contribution is 8.18. The van der Waals surface area contributed by atoms with Crippen LogP contribution in [0, 0.1) is 0 Å². The monoisotopic (exact) mass is 406 g/mol. The highest BCUT2D eigenvalue weighted by Gasteiger charge is 2.45. The molecule has 5 nitrogen and oxygen atoms in total. The fourth-order valence-corrected chi connectivity index (χ4v) is 4.64. The smallest absolute Gasteiger partial charge is 0.293 e. The first-order valence-electron chi connectivity index (χ1n) is 9.74. The van der Waals surface area contributed by atoms with Gasteiger partial charge in [0.05, 0.1) is 10.3 Å². The van der Waals surface area contributed by atoms with Crippen molar-refractivity contribution < 1.29 is 14.4 Å². The van der Waals surface area contributed by atoms with Crippen LogP contribution in [0.1, 0.15) is 30.4 Å². The van der Waals surface area contributed by atoms with E-state index in [0.29, 0.717) is 4.91 Å². The van der Waals surface area contributed by atoms with Crippen molar-refractivity contribution in [2.24, 2.45) is 0 Å². The normalized spacial score (nSPS) is 19.3. The van der Waals surface area contributed by atoms with Gasteiger partial charge in [-0.25, -0.2) is 0 Å². The van der Waals surface area contributed by atoms with Crippen LogP contribution < -0.4 is 5.32 Å². The van der Waals surface area contributed by atoms with Crippen LogP contribution in [0.25, 0.3) is 6.08 Å². The van der Waals surface area contributed by atoms with Crippen LogP contribution in [0.4, 0.5) is 4.79 Å². The van der Waals surface area contributed by atoms with Gasteiger partial charge in [-0.2, -0.15) is 0 Å². The van der Waals surface area contributed by atoms with E-state index >= 15 is 0 Å². The van der Waals surface area contributed by atoms with Gasteiger partial charge >= 0.3 is 0 Å². The number of amides is 3. The summed E-state index contributed by atoms with van der Waals surface area (Å²) in [5, 5.41) is 2.64. The molecule has 2 aliphatic rings. The molecule has 29 heavy (non-hydrogen) atoms. The van der Waals surface area contributed by atoms with Gasteiger partial charge in [-0.1, -0.05) is 67.1 Å².